The Labute approximate surface area is 227 Å². The van der Waals surface area contributed by atoms with Gasteiger partial charge in [-0.2, -0.15) is 0 Å². The fraction of sp³-hybridized carbons (Fsp3) is 1.00. The molecule has 1 heteroatoms. The highest BCUT2D eigenvalue weighted by atomic mass is 28.2. The summed E-state index contributed by atoms with van der Waals surface area (Å²) in [5.74, 6) is 0. The van der Waals surface area contributed by atoms with Gasteiger partial charge in [0.15, 0.2) is 0 Å². The average Bonchev–Trinajstić information content (AvgIpc) is 2.87. The predicted molar refractivity (Wildman–Crippen MR) is 168 cm³/mol. The lowest BCUT2D eigenvalue weighted by Gasteiger charge is -2.04. The fourth-order valence-corrected chi connectivity index (χ4v) is 7.39. The summed E-state index contributed by atoms with van der Waals surface area (Å²) in [6.45, 7) is 4.62. The van der Waals surface area contributed by atoms with Crippen LogP contribution in [0.4, 0.5) is 0 Å². The summed E-state index contributed by atoms with van der Waals surface area (Å²) in [6.07, 6.45) is 44.8. The molecule has 0 radical (unpaired) electrons. The van der Waals surface area contributed by atoms with Gasteiger partial charge in [0.2, 0.25) is 0 Å². The molecular weight excluding hydrogens is 436 g/mol. The van der Waals surface area contributed by atoms with Crippen molar-refractivity contribution in [1.29, 1.82) is 0 Å². The van der Waals surface area contributed by atoms with E-state index in [1.807, 2.05) is 0 Å². The highest BCUT2D eigenvalue weighted by Crippen LogP contribution is 2.15. The zero-order valence-electron chi connectivity index (χ0n) is 25.3. The SMILES string of the molecule is CCCCCCCCCCCCCCCCC[SiH2]CCCCCCCCCCCCCCCCC. The third-order valence-corrected chi connectivity index (χ3v) is 10.2. The van der Waals surface area contributed by atoms with E-state index in [4.69, 9.17) is 0 Å². The summed E-state index contributed by atoms with van der Waals surface area (Å²) in [4.78, 5) is 0. The van der Waals surface area contributed by atoms with Crippen LogP contribution in [0, 0.1) is 0 Å². The lowest BCUT2D eigenvalue weighted by Crippen LogP contribution is -1.90. The van der Waals surface area contributed by atoms with Gasteiger partial charge in [-0.3, -0.25) is 0 Å². The number of hydrogen-bond donors (Lipinski definition) is 0. The molecule has 0 aliphatic heterocycles. The Balaban J connectivity index is 3.00. The first kappa shape index (κ1) is 35.2. The van der Waals surface area contributed by atoms with E-state index in [2.05, 4.69) is 13.8 Å². The second-order valence-electron chi connectivity index (χ2n) is 12.0. The van der Waals surface area contributed by atoms with Crippen molar-refractivity contribution in [3.05, 3.63) is 0 Å². The van der Waals surface area contributed by atoms with Crippen LogP contribution in [0.1, 0.15) is 206 Å². The van der Waals surface area contributed by atoms with Crippen molar-refractivity contribution in [2.45, 2.75) is 219 Å². The van der Waals surface area contributed by atoms with Crippen LogP contribution in [0.25, 0.3) is 0 Å². The van der Waals surface area contributed by atoms with E-state index in [1.54, 1.807) is 24.9 Å². The predicted octanol–water partition coefficient (Wildman–Crippen LogP) is 12.7. The standard InChI is InChI=1S/C34H72Si/c1-3-5-7-9-11-13-15-17-19-21-23-25-27-29-31-33-35-34-32-30-28-26-24-22-20-18-16-14-12-10-8-6-4-2/h3-35H2,1-2H3. The van der Waals surface area contributed by atoms with Crippen LogP contribution < -0.4 is 0 Å². The molecule has 0 unspecified atom stereocenters. The molecule has 0 aromatic heterocycles. The summed E-state index contributed by atoms with van der Waals surface area (Å²) >= 11 is 0. The molecule has 0 spiro atoms. The minimum absolute atomic E-state index is 0.285. The molecule has 0 heterocycles. The van der Waals surface area contributed by atoms with Gasteiger partial charge in [-0.1, -0.05) is 219 Å². The lowest BCUT2D eigenvalue weighted by molar-refractivity contribution is 0.534. The molecule has 0 N–H and O–H groups in total. The maximum atomic E-state index is 2.31. The normalized spacial score (nSPS) is 11.5. The Hall–Kier alpha value is 0.217. The zero-order chi connectivity index (χ0) is 25.3. The van der Waals surface area contributed by atoms with Gasteiger partial charge in [-0.25, -0.2) is 0 Å². The minimum atomic E-state index is 0.285. The van der Waals surface area contributed by atoms with E-state index < -0.39 is 0 Å². The van der Waals surface area contributed by atoms with Gasteiger partial charge in [-0.05, 0) is 0 Å². The van der Waals surface area contributed by atoms with E-state index in [9.17, 15) is 0 Å². The maximum absolute atomic E-state index is 2.31. The van der Waals surface area contributed by atoms with Crippen molar-refractivity contribution in [2.24, 2.45) is 0 Å². The first-order valence-electron chi connectivity index (χ1n) is 17.4. The van der Waals surface area contributed by atoms with Crippen molar-refractivity contribution in [2.75, 3.05) is 0 Å². The molecule has 35 heavy (non-hydrogen) atoms. The third-order valence-electron chi connectivity index (χ3n) is 8.21. The molecule has 0 aromatic carbocycles. The summed E-state index contributed by atoms with van der Waals surface area (Å²) in [5.41, 5.74) is 0. The quantitative estimate of drug-likeness (QED) is 0.0625. The van der Waals surface area contributed by atoms with E-state index in [1.165, 1.54) is 180 Å². The van der Waals surface area contributed by atoms with Gasteiger partial charge in [0, 0.05) is 9.52 Å². The summed E-state index contributed by atoms with van der Waals surface area (Å²) in [6, 6.07) is 3.27. The van der Waals surface area contributed by atoms with Crippen molar-refractivity contribution < 1.29 is 0 Å². The van der Waals surface area contributed by atoms with E-state index >= 15 is 0 Å². The molecule has 0 rings (SSSR count). The van der Waals surface area contributed by atoms with Gasteiger partial charge in [-0.15, -0.1) is 0 Å². The molecular formula is C34H72Si. The average molecular weight is 509 g/mol. The highest BCUT2D eigenvalue weighted by Gasteiger charge is 1.97. The largest absolute Gasteiger partial charge is 0.0654 e. The second kappa shape index (κ2) is 34.2. The lowest BCUT2D eigenvalue weighted by atomic mass is 10.0. The molecule has 0 saturated heterocycles. The van der Waals surface area contributed by atoms with Crippen LogP contribution in [0.2, 0.25) is 12.1 Å². The van der Waals surface area contributed by atoms with E-state index in [-0.39, 0.29) is 9.52 Å². The monoisotopic (exact) mass is 509 g/mol. The van der Waals surface area contributed by atoms with Crippen LogP contribution in [0.3, 0.4) is 0 Å². The van der Waals surface area contributed by atoms with Gasteiger partial charge in [0.1, 0.15) is 0 Å². The van der Waals surface area contributed by atoms with Gasteiger partial charge < -0.3 is 0 Å². The Morgan fingerprint density at radius 1 is 0.229 bits per heavy atom. The first-order chi connectivity index (χ1) is 17.4. The van der Waals surface area contributed by atoms with Crippen LogP contribution in [-0.4, -0.2) is 9.52 Å². The van der Waals surface area contributed by atoms with Crippen molar-refractivity contribution >= 4 is 9.52 Å². The smallest absolute Gasteiger partial charge is 0.0197 e. The minimum Gasteiger partial charge on any atom is -0.0654 e. The Kier molecular flexibility index (Phi) is 34.4. The topological polar surface area (TPSA) is 0 Å². The molecule has 0 bridgehead atoms. The van der Waals surface area contributed by atoms with Crippen LogP contribution in [0.5, 0.6) is 0 Å². The molecule has 212 valence electrons. The van der Waals surface area contributed by atoms with Crippen LogP contribution in [0.15, 0.2) is 0 Å². The summed E-state index contributed by atoms with van der Waals surface area (Å²) < 4.78 is 0. The van der Waals surface area contributed by atoms with Gasteiger partial charge in [0.05, 0.1) is 0 Å². The summed E-state index contributed by atoms with van der Waals surface area (Å²) in [5, 5.41) is 0. The molecule has 0 aliphatic carbocycles. The number of rotatable bonds is 32. The van der Waals surface area contributed by atoms with Crippen molar-refractivity contribution in [3.8, 4) is 0 Å². The Bertz CT molecular complexity index is 307. The summed E-state index contributed by atoms with van der Waals surface area (Å²) in [7, 11) is 0.285. The first-order valence-corrected chi connectivity index (χ1v) is 19.4. The van der Waals surface area contributed by atoms with Gasteiger partial charge in [0.25, 0.3) is 0 Å². The second-order valence-corrected chi connectivity index (χ2v) is 14.1. The number of hydrogen-bond acceptors (Lipinski definition) is 0. The fourth-order valence-electron chi connectivity index (χ4n) is 5.63. The molecule has 0 amide bonds. The zero-order valence-corrected chi connectivity index (χ0v) is 26.7. The highest BCUT2D eigenvalue weighted by molar-refractivity contribution is 6.35. The van der Waals surface area contributed by atoms with Gasteiger partial charge >= 0.3 is 0 Å². The number of unbranched alkanes of at least 4 members (excludes halogenated alkanes) is 28. The molecule has 0 atom stereocenters. The molecule has 0 nitrogen and oxygen atoms in total. The van der Waals surface area contributed by atoms with Crippen molar-refractivity contribution in [1.82, 2.24) is 0 Å². The maximum Gasteiger partial charge on any atom is 0.0197 e. The van der Waals surface area contributed by atoms with E-state index in [0.717, 1.165) is 0 Å². The third kappa shape index (κ3) is 34.2. The molecule has 0 fully saturated rings. The Morgan fingerprint density at radius 3 is 0.600 bits per heavy atom. The molecule has 0 saturated carbocycles. The van der Waals surface area contributed by atoms with Crippen molar-refractivity contribution in [3.63, 3.8) is 0 Å². The molecule has 0 aliphatic rings. The Morgan fingerprint density at radius 2 is 0.400 bits per heavy atom. The van der Waals surface area contributed by atoms with E-state index in [0.29, 0.717) is 0 Å². The van der Waals surface area contributed by atoms with Crippen LogP contribution in [-0.2, 0) is 0 Å². The molecule has 0 aromatic rings. The van der Waals surface area contributed by atoms with Crippen LogP contribution >= 0.6 is 0 Å².